The second-order valence-corrected chi connectivity index (χ2v) is 21.7. The fourth-order valence-corrected chi connectivity index (χ4v) is 12.0. The number of thioether (sulfide) groups is 1. The van der Waals surface area contributed by atoms with Gasteiger partial charge in [-0.2, -0.15) is 0 Å². The summed E-state index contributed by atoms with van der Waals surface area (Å²) in [5, 5.41) is 22.0. The topological polar surface area (TPSA) is 188 Å². The highest BCUT2D eigenvalue weighted by Crippen LogP contribution is 2.48. The van der Waals surface area contributed by atoms with Gasteiger partial charge in [0.05, 0.1) is 36.6 Å². The van der Waals surface area contributed by atoms with E-state index < -0.39 is 46.7 Å². The number of aryl methyl sites for hydroxylation is 1. The second kappa shape index (κ2) is 19.5. The molecule has 7 heterocycles. The SMILES string of the molecule is CCn1c(-c2cccnc2[C@H](C)OC)c2c3cc(ccc31)-c1cc(O)cc(c1)C[C@H](NC(=O)[C@H](C(C)C)N(C)C(=O)[C@H]1C[C@@H]3CNCC(=O)N3C1)C(=O)N1CCC[C@@](C3=CS3)(N1)C(=O)OCC(C)(C)C2. The van der Waals surface area contributed by atoms with Crippen molar-refractivity contribution < 1.29 is 38.6 Å². The van der Waals surface area contributed by atoms with Crippen molar-refractivity contribution in [2.24, 2.45) is 17.3 Å². The first-order chi connectivity index (χ1) is 33.4. The normalized spacial score (nSPS) is 24.4. The molecule has 372 valence electrons. The standard InChI is InChI=1S/C53H66N8O8S/c1-9-59-42-14-13-33-23-39(42)40(47(59)38-12-10-16-55-45(38)31(4)68-8)24-52(5,6)29-69-51(67)53(43-28-70-43)15-11-17-61(57-53)50(66)41(20-32-18-34(33)22-37(62)19-32)56-48(64)46(30(2)3)58(7)49(65)35-21-36-25-54-26-44(63)60(36)27-35/h10,12-14,16,18-19,22-23,28,30-31,35-36,41,46,54,57,62H,9,11,15,17,20-21,24-27,29H2,1-8H3,(H,56,64)/t31-,35-,36+,41-,46-,53-/m0/s1. The fourth-order valence-electron chi connectivity index (χ4n) is 11.3. The number of carbonyl (C=O) groups excluding carboxylic acids is 5. The lowest BCUT2D eigenvalue weighted by atomic mass is 9.83. The van der Waals surface area contributed by atoms with Crippen LogP contribution in [-0.2, 0) is 52.8 Å². The van der Waals surface area contributed by atoms with Gasteiger partial charge in [0.1, 0.15) is 17.8 Å². The number of phenolic OH excluding ortho intramolecular Hbond substituents is 1. The first kappa shape index (κ1) is 49.2. The van der Waals surface area contributed by atoms with Gasteiger partial charge in [-0.15, -0.1) is 0 Å². The van der Waals surface area contributed by atoms with Crippen LogP contribution in [0.5, 0.6) is 5.75 Å². The average molecular weight is 975 g/mol. The van der Waals surface area contributed by atoms with Crippen LogP contribution in [-0.4, -0.2) is 130 Å². The second-order valence-electron chi connectivity index (χ2n) is 20.8. The van der Waals surface area contributed by atoms with E-state index in [1.807, 2.05) is 44.4 Å². The molecule has 70 heavy (non-hydrogen) atoms. The summed E-state index contributed by atoms with van der Waals surface area (Å²) in [4.78, 5) is 80.3. The molecular formula is C53H66N8O8S. The van der Waals surface area contributed by atoms with Crippen molar-refractivity contribution in [3.63, 3.8) is 0 Å². The van der Waals surface area contributed by atoms with Crippen molar-refractivity contribution in [3.8, 4) is 28.1 Å². The third-order valence-electron chi connectivity index (χ3n) is 14.9. The highest BCUT2D eigenvalue weighted by molar-refractivity contribution is 8.12. The minimum Gasteiger partial charge on any atom is -0.508 e. The lowest BCUT2D eigenvalue weighted by Gasteiger charge is -2.42. The number of cyclic esters (lactones) is 1. The molecule has 2 aromatic carbocycles. The number of benzene rings is 2. The number of hydrogen-bond acceptors (Lipinski definition) is 12. The third kappa shape index (κ3) is 9.33. The van der Waals surface area contributed by atoms with E-state index in [4.69, 9.17) is 14.5 Å². The van der Waals surface area contributed by atoms with E-state index in [-0.39, 0.29) is 68.3 Å². The lowest BCUT2D eigenvalue weighted by molar-refractivity contribution is -0.160. The van der Waals surface area contributed by atoms with Crippen LogP contribution in [0.15, 0.2) is 65.0 Å². The van der Waals surface area contributed by atoms with Crippen LogP contribution in [0.1, 0.15) is 83.7 Å². The quantitative estimate of drug-likeness (QED) is 0.142. The lowest BCUT2D eigenvalue weighted by Crippen LogP contribution is -2.67. The number of amides is 4. The van der Waals surface area contributed by atoms with Crippen molar-refractivity contribution >= 4 is 52.3 Å². The van der Waals surface area contributed by atoms with Crippen LogP contribution < -0.4 is 16.1 Å². The van der Waals surface area contributed by atoms with Gasteiger partial charge in [0.2, 0.25) is 17.7 Å². The number of methoxy groups -OCH3 is 1. The summed E-state index contributed by atoms with van der Waals surface area (Å²) < 4.78 is 14.5. The van der Waals surface area contributed by atoms with Gasteiger partial charge in [0.15, 0.2) is 5.54 Å². The molecule has 4 aromatic rings. The van der Waals surface area contributed by atoms with E-state index in [2.05, 4.69) is 59.6 Å². The number of hydrogen-bond donors (Lipinski definition) is 4. The Morgan fingerprint density at radius 2 is 1.89 bits per heavy atom. The zero-order valence-corrected chi connectivity index (χ0v) is 42.3. The molecule has 0 saturated carbocycles. The van der Waals surface area contributed by atoms with Crippen LogP contribution in [0.3, 0.4) is 0 Å². The molecule has 2 aromatic heterocycles. The van der Waals surface area contributed by atoms with Crippen molar-refractivity contribution in [2.75, 3.05) is 46.9 Å². The minimum atomic E-state index is -1.33. The number of rotatable bonds is 10. The number of pyridine rings is 1. The molecule has 16 nitrogen and oxygen atoms in total. The first-order valence-electron chi connectivity index (χ1n) is 24.6. The van der Waals surface area contributed by atoms with Gasteiger partial charge in [-0.05, 0) is 110 Å². The van der Waals surface area contributed by atoms with E-state index in [1.54, 1.807) is 37.4 Å². The number of hydrazine groups is 1. The van der Waals surface area contributed by atoms with Gasteiger partial charge in [-0.3, -0.25) is 29.2 Å². The summed E-state index contributed by atoms with van der Waals surface area (Å²) in [6.45, 7) is 14.1. The number of fused-ring (bicyclic) bond motifs is 7. The Balaban J connectivity index is 1.13. The summed E-state index contributed by atoms with van der Waals surface area (Å²) >= 11 is 1.43. The Morgan fingerprint density at radius 1 is 1.10 bits per heavy atom. The molecule has 0 aliphatic carbocycles. The van der Waals surface area contributed by atoms with Crippen LogP contribution in [0.2, 0.25) is 0 Å². The molecule has 5 aliphatic rings. The minimum absolute atomic E-state index is 0.0104. The summed E-state index contributed by atoms with van der Waals surface area (Å²) in [6, 6.07) is 13.3. The van der Waals surface area contributed by atoms with Gasteiger partial charge in [-0.25, -0.2) is 10.2 Å². The number of phenols is 1. The van der Waals surface area contributed by atoms with Gasteiger partial charge >= 0.3 is 5.97 Å². The van der Waals surface area contributed by atoms with E-state index in [0.29, 0.717) is 44.3 Å². The molecule has 6 bridgehead atoms. The van der Waals surface area contributed by atoms with Gasteiger partial charge in [-0.1, -0.05) is 51.6 Å². The summed E-state index contributed by atoms with van der Waals surface area (Å²) in [7, 11) is 3.29. The maximum atomic E-state index is 15.1. The zero-order valence-electron chi connectivity index (χ0n) is 41.5. The number of aromatic hydroxyl groups is 1. The molecular weight excluding hydrogens is 909 g/mol. The molecule has 4 amide bonds. The average Bonchev–Trinajstić information content (AvgIpc) is 4.04. The predicted octanol–water partition coefficient (Wildman–Crippen LogP) is 5.71. The van der Waals surface area contributed by atoms with Crippen molar-refractivity contribution in [2.45, 2.75) is 110 Å². The van der Waals surface area contributed by atoms with E-state index in [0.717, 1.165) is 49.4 Å². The number of ether oxygens (including phenoxy) is 2. The molecule has 6 atom stereocenters. The molecule has 5 aliphatic heterocycles. The summed E-state index contributed by atoms with van der Waals surface area (Å²) in [6.07, 6.45) is 3.36. The summed E-state index contributed by atoms with van der Waals surface area (Å²) in [5.74, 6) is -2.60. The molecule has 3 saturated heterocycles. The Kier molecular flexibility index (Phi) is 13.7. The monoisotopic (exact) mass is 974 g/mol. The van der Waals surface area contributed by atoms with E-state index >= 15 is 4.79 Å². The Morgan fingerprint density at radius 3 is 2.60 bits per heavy atom. The smallest absolute Gasteiger partial charge is 0.333 e. The maximum Gasteiger partial charge on any atom is 0.333 e. The largest absolute Gasteiger partial charge is 0.508 e. The molecule has 0 unspecified atom stereocenters. The number of likely N-dealkylation sites (N-methyl/N-ethyl adjacent to an activating group) is 1. The number of esters is 1. The Labute approximate surface area is 413 Å². The molecule has 17 heteroatoms. The van der Waals surface area contributed by atoms with Crippen LogP contribution >= 0.6 is 11.8 Å². The molecule has 4 N–H and O–H groups in total. The molecule has 9 rings (SSSR count). The molecule has 3 fully saturated rings. The number of carbonyl (C=O) groups is 5. The van der Waals surface area contributed by atoms with Crippen LogP contribution in [0, 0.1) is 17.3 Å². The zero-order chi connectivity index (χ0) is 49.8. The van der Waals surface area contributed by atoms with Crippen molar-refractivity contribution in [1.29, 1.82) is 0 Å². The number of piperazine rings is 1. The Bertz CT molecular complexity index is 2770. The summed E-state index contributed by atoms with van der Waals surface area (Å²) in [5.41, 5.74) is 8.36. The van der Waals surface area contributed by atoms with Crippen LogP contribution in [0.4, 0.5) is 0 Å². The number of nitrogens with zero attached hydrogens (tertiary/aromatic N) is 5. The Hall–Kier alpha value is -5.75. The maximum absolute atomic E-state index is 15.1. The molecule has 0 radical (unpaired) electrons. The highest BCUT2D eigenvalue weighted by atomic mass is 32.2. The van der Waals surface area contributed by atoms with E-state index in [9.17, 15) is 24.3 Å². The van der Waals surface area contributed by atoms with Gasteiger partial charge < -0.3 is 39.6 Å². The van der Waals surface area contributed by atoms with Crippen molar-refractivity contribution in [3.05, 3.63) is 81.9 Å². The van der Waals surface area contributed by atoms with Gasteiger partial charge in [0.25, 0.3) is 5.91 Å². The number of aromatic nitrogens is 2. The van der Waals surface area contributed by atoms with E-state index in [1.165, 1.54) is 21.7 Å². The predicted molar refractivity (Wildman–Crippen MR) is 268 cm³/mol. The third-order valence-corrected chi connectivity index (χ3v) is 15.7. The highest BCUT2D eigenvalue weighted by Gasteiger charge is 2.52. The first-order valence-corrected chi connectivity index (χ1v) is 25.5. The van der Waals surface area contributed by atoms with Crippen LogP contribution in [0.25, 0.3) is 33.3 Å². The molecule has 0 spiro atoms. The van der Waals surface area contributed by atoms with Crippen molar-refractivity contribution in [1.82, 2.24) is 40.4 Å². The number of nitrogens with one attached hydrogen (secondary N) is 3. The van der Waals surface area contributed by atoms with Gasteiger partial charge in [0, 0.05) is 85.8 Å². The fraction of sp³-hybridized carbons (Fsp3) is 0.509.